The minimum atomic E-state index is 0.207. The molecule has 0 aliphatic carbocycles. The number of nitrogens with two attached hydrogens (primary N) is 2. The van der Waals surface area contributed by atoms with Gasteiger partial charge in [0.25, 0.3) is 0 Å². The van der Waals surface area contributed by atoms with Gasteiger partial charge in [-0.3, -0.25) is 4.90 Å². The third-order valence-corrected chi connectivity index (χ3v) is 4.29. The smallest absolute Gasteiger partial charge is 0.225 e. The molecule has 2 saturated heterocycles. The van der Waals surface area contributed by atoms with E-state index >= 15 is 0 Å². The maximum absolute atomic E-state index is 5.62. The lowest BCUT2D eigenvalue weighted by Crippen LogP contribution is -2.43. The summed E-state index contributed by atoms with van der Waals surface area (Å²) in [6.07, 6.45) is 5.17. The fourth-order valence-electron chi connectivity index (χ4n) is 3.40. The Kier molecular flexibility index (Phi) is 3.98. The van der Waals surface area contributed by atoms with E-state index in [1.54, 1.807) is 0 Å². The van der Waals surface area contributed by atoms with E-state index in [4.69, 9.17) is 11.5 Å². The molecule has 1 aromatic rings. The highest BCUT2D eigenvalue weighted by molar-refractivity contribution is 5.25. The van der Waals surface area contributed by atoms with Gasteiger partial charge < -0.3 is 16.8 Å². The fraction of sp³-hybridized carbons (Fsp3) is 0.769. The summed E-state index contributed by atoms with van der Waals surface area (Å²) in [5.41, 5.74) is 11.2. The second-order valence-corrected chi connectivity index (χ2v) is 5.81. The second-order valence-electron chi connectivity index (χ2n) is 5.81. The van der Waals surface area contributed by atoms with Crippen LogP contribution in [0.1, 0.15) is 31.5 Å². The van der Waals surface area contributed by atoms with Crippen LogP contribution < -0.4 is 16.8 Å². The number of hydrogen-bond acceptors (Lipinski definition) is 7. The Morgan fingerprint density at radius 2 is 1.90 bits per heavy atom. The van der Waals surface area contributed by atoms with Gasteiger partial charge in [-0.2, -0.15) is 15.0 Å². The number of nitrogens with one attached hydrogen (secondary N) is 1. The monoisotopic (exact) mass is 277 g/mol. The number of nitrogens with zero attached hydrogens (tertiary/aromatic N) is 4. The number of piperidine rings is 1. The Morgan fingerprint density at radius 3 is 2.60 bits per heavy atom. The molecular formula is C13H23N7. The van der Waals surface area contributed by atoms with E-state index in [1.807, 2.05) is 0 Å². The molecular weight excluding hydrogens is 254 g/mol. The van der Waals surface area contributed by atoms with E-state index in [1.165, 1.54) is 32.2 Å². The molecule has 2 fully saturated rings. The summed E-state index contributed by atoms with van der Waals surface area (Å²) >= 11 is 0. The number of rotatable bonds is 3. The van der Waals surface area contributed by atoms with Crippen molar-refractivity contribution in [2.45, 2.75) is 38.3 Å². The summed E-state index contributed by atoms with van der Waals surface area (Å²) in [6.45, 7) is 4.07. The third-order valence-electron chi connectivity index (χ3n) is 4.29. The average molecular weight is 277 g/mol. The molecule has 0 amide bonds. The summed E-state index contributed by atoms with van der Waals surface area (Å²) in [6, 6.07) is 0.686. The molecule has 2 atom stereocenters. The van der Waals surface area contributed by atoms with E-state index in [-0.39, 0.29) is 11.9 Å². The van der Waals surface area contributed by atoms with Crippen molar-refractivity contribution in [2.75, 3.05) is 31.1 Å². The molecule has 3 heterocycles. The summed E-state index contributed by atoms with van der Waals surface area (Å²) in [7, 11) is 0. The Morgan fingerprint density at radius 1 is 1.10 bits per heavy atom. The molecule has 0 saturated carbocycles. The van der Waals surface area contributed by atoms with Gasteiger partial charge in [0.05, 0.1) is 6.54 Å². The quantitative estimate of drug-likeness (QED) is 0.714. The molecule has 2 unspecified atom stereocenters. The fourth-order valence-corrected chi connectivity index (χ4v) is 3.40. The molecule has 3 rings (SSSR count). The van der Waals surface area contributed by atoms with Gasteiger partial charge in [-0.05, 0) is 44.7 Å². The van der Waals surface area contributed by atoms with Crippen LogP contribution in [0.25, 0.3) is 0 Å². The lowest BCUT2D eigenvalue weighted by molar-refractivity contribution is 0.142. The van der Waals surface area contributed by atoms with Crippen LogP contribution in [-0.2, 0) is 6.54 Å². The van der Waals surface area contributed by atoms with Crippen LogP contribution in [0.3, 0.4) is 0 Å². The number of nitrogen functional groups attached to an aromatic ring is 2. The standard InChI is InChI=1S/C13H23N7/c14-12-17-11(18-13(15)19-12)8-20-6-2-3-9(7-20)10-4-1-5-16-10/h9-10,16H,1-8H2,(H4,14,15,17,18,19). The first kappa shape index (κ1) is 13.5. The molecule has 2 aliphatic rings. The first-order chi connectivity index (χ1) is 9.70. The number of hydrogen-bond donors (Lipinski definition) is 3. The molecule has 20 heavy (non-hydrogen) atoms. The molecule has 0 bridgehead atoms. The minimum Gasteiger partial charge on any atom is -0.368 e. The van der Waals surface area contributed by atoms with Crippen molar-refractivity contribution in [3.05, 3.63) is 5.82 Å². The molecule has 7 nitrogen and oxygen atoms in total. The highest BCUT2D eigenvalue weighted by atomic mass is 15.2. The first-order valence-corrected chi connectivity index (χ1v) is 7.42. The summed E-state index contributed by atoms with van der Waals surface area (Å²) in [4.78, 5) is 14.6. The molecule has 110 valence electrons. The SMILES string of the molecule is Nc1nc(N)nc(CN2CCCC(C3CCCN3)C2)n1. The van der Waals surface area contributed by atoms with E-state index < -0.39 is 0 Å². The van der Waals surface area contributed by atoms with E-state index in [2.05, 4.69) is 25.2 Å². The summed E-state index contributed by atoms with van der Waals surface area (Å²) in [5.74, 6) is 1.83. The predicted molar refractivity (Wildman–Crippen MR) is 77.7 cm³/mol. The Bertz CT molecular complexity index is 438. The maximum Gasteiger partial charge on any atom is 0.225 e. The van der Waals surface area contributed by atoms with Gasteiger partial charge in [-0.15, -0.1) is 0 Å². The predicted octanol–water partition coefficient (Wildman–Crippen LogP) is 0.000000000000000278. The highest BCUT2D eigenvalue weighted by Gasteiger charge is 2.29. The summed E-state index contributed by atoms with van der Waals surface area (Å²) in [5, 5.41) is 3.62. The molecule has 1 aromatic heterocycles. The first-order valence-electron chi connectivity index (χ1n) is 7.42. The normalized spacial score (nSPS) is 27.8. The van der Waals surface area contributed by atoms with Crippen LogP contribution >= 0.6 is 0 Å². The Balaban J connectivity index is 1.61. The second kappa shape index (κ2) is 5.88. The highest BCUT2D eigenvalue weighted by Crippen LogP contribution is 2.25. The number of aromatic nitrogens is 3. The number of anilines is 2. The zero-order valence-electron chi connectivity index (χ0n) is 11.8. The van der Waals surface area contributed by atoms with Crippen LogP contribution in [0, 0.1) is 5.92 Å². The molecule has 0 aromatic carbocycles. The molecule has 2 aliphatic heterocycles. The molecule has 0 radical (unpaired) electrons. The van der Waals surface area contributed by atoms with Crippen molar-refractivity contribution < 1.29 is 0 Å². The average Bonchev–Trinajstić information content (AvgIpc) is 2.91. The van der Waals surface area contributed by atoms with E-state index in [0.29, 0.717) is 18.4 Å². The van der Waals surface area contributed by atoms with Gasteiger partial charge in [-0.1, -0.05) is 0 Å². The lowest BCUT2D eigenvalue weighted by atomic mass is 9.90. The van der Waals surface area contributed by atoms with Crippen LogP contribution in [0.5, 0.6) is 0 Å². The van der Waals surface area contributed by atoms with E-state index in [0.717, 1.165) is 19.0 Å². The Labute approximate surface area is 119 Å². The van der Waals surface area contributed by atoms with Crippen molar-refractivity contribution in [2.24, 2.45) is 5.92 Å². The van der Waals surface area contributed by atoms with Gasteiger partial charge in [-0.25, -0.2) is 0 Å². The zero-order chi connectivity index (χ0) is 13.9. The third kappa shape index (κ3) is 3.16. The molecule has 0 spiro atoms. The Hall–Kier alpha value is -1.47. The largest absolute Gasteiger partial charge is 0.368 e. The maximum atomic E-state index is 5.62. The van der Waals surface area contributed by atoms with Crippen LogP contribution in [0.2, 0.25) is 0 Å². The topological polar surface area (TPSA) is 106 Å². The number of likely N-dealkylation sites (tertiary alicyclic amines) is 1. The minimum absolute atomic E-state index is 0.207. The van der Waals surface area contributed by atoms with Crippen LogP contribution in [0.15, 0.2) is 0 Å². The zero-order valence-corrected chi connectivity index (χ0v) is 11.8. The van der Waals surface area contributed by atoms with Gasteiger partial charge in [0.15, 0.2) is 0 Å². The van der Waals surface area contributed by atoms with Crippen molar-refractivity contribution in [3.63, 3.8) is 0 Å². The summed E-state index contributed by atoms with van der Waals surface area (Å²) < 4.78 is 0. The van der Waals surface area contributed by atoms with Crippen LogP contribution in [-0.4, -0.2) is 45.5 Å². The van der Waals surface area contributed by atoms with Crippen molar-refractivity contribution in [1.82, 2.24) is 25.2 Å². The van der Waals surface area contributed by atoms with Crippen molar-refractivity contribution in [3.8, 4) is 0 Å². The van der Waals surface area contributed by atoms with Gasteiger partial charge >= 0.3 is 0 Å². The van der Waals surface area contributed by atoms with Crippen molar-refractivity contribution in [1.29, 1.82) is 0 Å². The van der Waals surface area contributed by atoms with Gasteiger partial charge in [0.2, 0.25) is 11.9 Å². The molecule has 5 N–H and O–H groups in total. The lowest BCUT2D eigenvalue weighted by Gasteiger charge is -2.35. The van der Waals surface area contributed by atoms with Gasteiger partial charge in [0, 0.05) is 12.6 Å². The molecule has 7 heteroatoms. The van der Waals surface area contributed by atoms with E-state index in [9.17, 15) is 0 Å². The van der Waals surface area contributed by atoms with Crippen LogP contribution in [0.4, 0.5) is 11.9 Å². The van der Waals surface area contributed by atoms with Gasteiger partial charge in [0.1, 0.15) is 5.82 Å². The van der Waals surface area contributed by atoms with Crippen molar-refractivity contribution >= 4 is 11.9 Å².